The number of rotatable bonds is 0. The maximum atomic E-state index is 12.2. The Morgan fingerprint density at radius 2 is 1.95 bits per heavy atom. The molecule has 0 saturated carbocycles. The molecule has 2 amide bonds. The Balaban J connectivity index is 2.40. The van der Waals surface area contributed by atoms with Gasteiger partial charge in [-0.25, -0.2) is 4.79 Å². The second-order valence-corrected chi connectivity index (χ2v) is 6.57. The van der Waals surface area contributed by atoms with Gasteiger partial charge >= 0.3 is 6.09 Å². The number of hydrogen-bond donors (Lipinski definition) is 0. The maximum Gasteiger partial charge on any atom is 0.415 e. The van der Waals surface area contributed by atoms with Crippen molar-refractivity contribution in [2.75, 3.05) is 23.4 Å². The molecular weight excluding hydrogens is 324 g/mol. The van der Waals surface area contributed by atoms with Crippen molar-refractivity contribution in [1.29, 1.82) is 0 Å². The van der Waals surface area contributed by atoms with Crippen LogP contribution < -0.4 is 9.80 Å². The van der Waals surface area contributed by atoms with Crippen molar-refractivity contribution >= 4 is 39.3 Å². The van der Waals surface area contributed by atoms with Gasteiger partial charge in [-0.05, 0) is 39.0 Å². The molecule has 108 valence electrons. The molecule has 0 aliphatic carbocycles. The molecule has 0 saturated heterocycles. The van der Waals surface area contributed by atoms with Crippen molar-refractivity contribution in [3.63, 3.8) is 0 Å². The van der Waals surface area contributed by atoms with E-state index in [1.807, 2.05) is 12.1 Å². The molecular formula is C14H17BrN2O3. The Labute approximate surface area is 126 Å². The molecule has 0 aromatic heterocycles. The number of anilines is 2. The van der Waals surface area contributed by atoms with Gasteiger partial charge in [0.2, 0.25) is 5.91 Å². The summed E-state index contributed by atoms with van der Waals surface area (Å²) in [6.45, 7) is 5.38. The van der Waals surface area contributed by atoms with E-state index in [-0.39, 0.29) is 12.5 Å². The first kappa shape index (κ1) is 14.8. The third-order valence-electron chi connectivity index (χ3n) is 2.87. The van der Waals surface area contributed by atoms with E-state index in [0.29, 0.717) is 11.4 Å². The Bertz CT molecular complexity index is 566. The zero-order valence-corrected chi connectivity index (χ0v) is 13.5. The first-order valence-electron chi connectivity index (χ1n) is 6.25. The van der Waals surface area contributed by atoms with Crippen LogP contribution in [-0.4, -0.2) is 31.2 Å². The van der Waals surface area contributed by atoms with Crippen LogP contribution in [0.3, 0.4) is 0 Å². The number of halogens is 1. The Morgan fingerprint density at radius 3 is 2.55 bits per heavy atom. The monoisotopic (exact) mass is 340 g/mol. The second kappa shape index (κ2) is 5.09. The van der Waals surface area contributed by atoms with Crippen LogP contribution in [0.15, 0.2) is 22.7 Å². The van der Waals surface area contributed by atoms with Gasteiger partial charge in [0.1, 0.15) is 12.1 Å². The number of amides is 2. The molecule has 1 aliphatic heterocycles. The van der Waals surface area contributed by atoms with Crippen LogP contribution in [0.2, 0.25) is 0 Å². The van der Waals surface area contributed by atoms with Gasteiger partial charge in [0, 0.05) is 11.5 Å². The third kappa shape index (κ3) is 2.95. The molecule has 1 heterocycles. The lowest BCUT2D eigenvalue weighted by atomic mass is 10.1. The molecule has 6 heteroatoms. The molecule has 0 fully saturated rings. The molecule has 0 bridgehead atoms. The molecule has 20 heavy (non-hydrogen) atoms. The van der Waals surface area contributed by atoms with Gasteiger partial charge in [0.15, 0.2) is 0 Å². The summed E-state index contributed by atoms with van der Waals surface area (Å²) in [5.41, 5.74) is 0.755. The van der Waals surface area contributed by atoms with Gasteiger partial charge in [0.25, 0.3) is 0 Å². The van der Waals surface area contributed by atoms with Crippen LogP contribution in [0, 0.1) is 0 Å². The van der Waals surface area contributed by atoms with E-state index in [4.69, 9.17) is 4.74 Å². The molecule has 5 nitrogen and oxygen atoms in total. The van der Waals surface area contributed by atoms with Gasteiger partial charge in [0.05, 0.1) is 11.4 Å². The second-order valence-electron chi connectivity index (χ2n) is 5.65. The predicted molar refractivity (Wildman–Crippen MR) is 81.1 cm³/mol. The predicted octanol–water partition coefficient (Wildman–Crippen LogP) is 3.17. The van der Waals surface area contributed by atoms with Crippen molar-refractivity contribution in [3.8, 4) is 0 Å². The minimum atomic E-state index is -0.598. The van der Waals surface area contributed by atoms with Gasteiger partial charge in [-0.2, -0.15) is 0 Å². The molecule has 0 spiro atoms. The largest absolute Gasteiger partial charge is 0.443 e. The first-order chi connectivity index (χ1) is 9.19. The van der Waals surface area contributed by atoms with Gasteiger partial charge < -0.3 is 9.64 Å². The number of ether oxygens (including phenoxy) is 1. The van der Waals surface area contributed by atoms with Crippen molar-refractivity contribution in [1.82, 2.24) is 0 Å². The van der Waals surface area contributed by atoms with Crippen LogP contribution in [0.5, 0.6) is 0 Å². The fourth-order valence-corrected chi connectivity index (χ4v) is 2.28. The molecule has 1 aliphatic rings. The summed E-state index contributed by atoms with van der Waals surface area (Å²) in [6, 6.07) is 5.44. The fraction of sp³-hybridized carbons (Fsp3) is 0.429. The normalized spacial score (nSPS) is 15.2. The minimum absolute atomic E-state index is 0.0138. The van der Waals surface area contributed by atoms with E-state index in [2.05, 4.69) is 15.9 Å². The summed E-state index contributed by atoms with van der Waals surface area (Å²) < 4.78 is 6.20. The number of carbonyl (C=O) groups is 2. The molecule has 0 radical (unpaired) electrons. The molecule has 0 atom stereocenters. The third-order valence-corrected chi connectivity index (χ3v) is 3.36. The highest BCUT2D eigenvalue weighted by Crippen LogP contribution is 2.35. The van der Waals surface area contributed by atoms with Crippen LogP contribution >= 0.6 is 15.9 Å². The van der Waals surface area contributed by atoms with E-state index >= 15 is 0 Å². The number of benzene rings is 1. The molecule has 0 N–H and O–H groups in total. The first-order valence-corrected chi connectivity index (χ1v) is 7.05. The molecule has 2 rings (SSSR count). The maximum absolute atomic E-state index is 12.2. The minimum Gasteiger partial charge on any atom is -0.443 e. The van der Waals surface area contributed by atoms with E-state index in [1.165, 1.54) is 4.90 Å². The van der Waals surface area contributed by atoms with E-state index in [9.17, 15) is 9.59 Å². The molecule has 0 unspecified atom stereocenters. The van der Waals surface area contributed by atoms with Crippen molar-refractivity contribution in [3.05, 3.63) is 22.7 Å². The zero-order valence-electron chi connectivity index (χ0n) is 11.9. The molecule has 1 aromatic carbocycles. The summed E-state index contributed by atoms with van der Waals surface area (Å²) in [6.07, 6.45) is -0.512. The van der Waals surface area contributed by atoms with Crippen molar-refractivity contribution < 1.29 is 14.3 Å². The van der Waals surface area contributed by atoms with Crippen LogP contribution in [-0.2, 0) is 9.53 Å². The Morgan fingerprint density at radius 1 is 1.30 bits per heavy atom. The Hall–Kier alpha value is -1.56. The Kier molecular flexibility index (Phi) is 3.77. The quantitative estimate of drug-likeness (QED) is 0.728. The van der Waals surface area contributed by atoms with Crippen LogP contribution in [0.25, 0.3) is 0 Å². The lowest BCUT2D eigenvalue weighted by Crippen LogP contribution is -2.48. The summed E-state index contributed by atoms with van der Waals surface area (Å²) >= 11 is 3.37. The summed E-state index contributed by atoms with van der Waals surface area (Å²) in [4.78, 5) is 27.2. The van der Waals surface area contributed by atoms with Crippen molar-refractivity contribution in [2.45, 2.75) is 26.4 Å². The van der Waals surface area contributed by atoms with E-state index in [1.54, 1.807) is 38.8 Å². The van der Waals surface area contributed by atoms with Gasteiger partial charge in [-0.1, -0.05) is 15.9 Å². The van der Waals surface area contributed by atoms with E-state index in [0.717, 1.165) is 4.47 Å². The smallest absolute Gasteiger partial charge is 0.415 e. The topological polar surface area (TPSA) is 49.9 Å². The summed E-state index contributed by atoms with van der Waals surface area (Å²) in [7, 11) is 1.69. The van der Waals surface area contributed by atoms with Crippen LogP contribution in [0.4, 0.5) is 16.2 Å². The fourth-order valence-electron chi connectivity index (χ4n) is 1.93. The van der Waals surface area contributed by atoms with Crippen molar-refractivity contribution in [2.24, 2.45) is 0 Å². The zero-order chi connectivity index (χ0) is 15.1. The number of nitrogens with zero attached hydrogens (tertiary/aromatic N) is 2. The standard InChI is InChI=1S/C14H17BrN2O3/c1-14(2,3)20-13(19)17-8-12(18)16(4)11-7-9(15)5-6-10(11)17/h5-7H,8H2,1-4H3. The number of fused-ring (bicyclic) bond motifs is 1. The number of hydrogen-bond acceptors (Lipinski definition) is 3. The molecule has 1 aromatic rings. The number of likely N-dealkylation sites (N-methyl/N-ethyl adjacent to an activating group) is 1. The summed E-state index contributed by atoms with van der Waals surface area (Å²) in [5.74, 6) is -0.151. The highest BCUT2D eigenvalue weighted by Gasteiger charge is 2.33. The lowest BCUT2D eigenvalue weighted by molar-refractivity contribution is -0.117. The van der Waals surface area contributed by atoms with Crippen LogP contribution in [0.1, 0.15) is 20.8 Å². The average molecular weight is 341 g/mol. The average Bonchev–Trinajstić information content (AvgIpc) is 2.31. The highest BCUT2D eigenvalue weighted by molar-refractivity contribution is 9.10. The summed E-state index contributed by atoms with van der Waals surface area (Å²) in [5, 5.41) is 0. The van der Waals surface area contributed by atoms with E-state index < -0.39 is 11.7 Å². The lowest BCUT2D eigenvalue weighted by Gasteiger charge is -2.35. The SMILES string of the molecule is CN1C(=O)CN(C(=O)OC(C)(C)C)c2ccc(Br)cc21. The van der Waals surface area contributed by atoms with Gasteiger partial charge in [-0.3, -0.25) is 9.69 Å². The number of carbonyl (C=O) groups excluding carboxylic acids is 2. The van der Waals surface area contributed by atoms with Gasteiger partial charge in [-0.15, -0.1) is 0 Å². The highest BCUT2D eigenvalue weighted by atomic mass is 79.9.